The van der Waals surface area contributed by atoms with Gasteiger partial charge < -0.3 is 15.2 Å². The van der Waals surface area contributed by atoms with Gasteiger partial charge in [0.15, 0.2) is 0 Å². The van der Waals surface area contributed by atoms with Crippen molar-refractivity contribution in [2.75, 3.05) is 13.1 Å². The first kappa shape index (κ1) is 26.6. The molecule has 0 amide bonds. The summed E-state index contributed by atoms with van der Waals surface area (Å²) in [6.07, 6.45) is 3.59. The molecule has 2 N–H and O–H groups in total. The van der Waals surface area contributed by atoms with Crippen molar-refractivity contribution in [1.29, 1.82) is 0 Å². The smallest absolute Gasteiger partial charge is 0.338 e. The summed E-state index contributed by atoms with van der Waals surface area (Å²) in [5.74, 6) is -1.17. The van der Waals surface area contributed by atoms with Crippen molar-refractivity contribution in [3.63, 3.8) is 0 Å². The highest BCUT2D eigenvalue weighted by Crippen LogP contribution is 2.41. The van der Waals surface area contributed by atoms with Gasteiger partial charge in [-0.15, -0.1) is 12.4 Å². The minimum absolute atomic E-state index is 0. The van der Waals surface area contributed by atoms with Crippen LogP contribution in [0, 0.1) is 5.82 Å². The van der Waals surface area contributed by atoms with E-state index in [1.165, 1.54) is 28.5 Å². The van der Waals surface area contributed by atoms with Crippen LogP contribution in [0.1, 0.15) is 52.2 Å². The van der Waals surface area contributed by atoms with Gasteiger partial charge in [-0.3, -0.25) is 0 Å². The van der Waals surface area contributed by atoms with Crippen molar-refractivity contribution >= 4 is 29.1 Å². The molecule has 0 unspecified atom stereocenters. The fourth-order valence-corrected chi connectivity index (χ4v) is 5.22. The maximum Gasteiger partial charge on any atom is 0.338 e. The first-order valence-electron chi connectivity index (χ1n) is 12.6. The maximum atomic E-state index is 14.0. The molecule has 0 saturated carbocycles. The predicted octanol–water partition coefficient (Wildman–Crippen LogP) is 6.99. The van der Waals surface area contributed by atoms with Crippen LogP contribution in [-0.2, 0) is 6.42 Å². The second-order valence-electron chi connectivity index (χ2n) is 9.39. The normalized spacial score (nSPS) is 16.5. The summed E-state index contributed by atoms with van der Waals surface area (Å²) in [5.41, 5.74) is 2.90. The molecule has 0 saturated heterocycles. The number of carbonyl (C=O) groups is 1. The Morgan fingerprint density at radius 2 is 1.76 bits per heavy atom. The van der Waals surface area contributed by atoms with Gasteiger partial charge in [0.2, 0.25) is 0 Å². The van der Waals surface area contributed by atoms with Gasteiger partial charge in [0.1, 0.15) is 11.6 Å². The van der Waals surface area contributed by atoms with Crippen LogP contribution in [-0.4, -0.2) is 30.3 Å². The molecule has 2 atom stereocenters. The van der Waals surface area contributed by atoms with Crippen molar-refractivity contribution in [1.82, 2.24) is 5.32 Å². The van der Waals surface area contributed by atoms with Crippen molar-refractivity contribution in [2.45, 2.75) is 37.7 Å². The average molecular weight is 520 g/mol. The first-order valence-corrected chi connectivity index (χ1v) is 12.6. The molecule has 5 rings (SSSR count). The van der Waals surface area contributed by atoms with E-state index in [9.17, 15) is 14.3 Å². The summed E-state index contributed by atoms with van der Waals surface area (Å²) in [5, 5.41) is 15.5. The van der Waals surface area contributed by atoms with E-state index in [2.05, 4.69) is 47.8 Å². The van der Waals surface area contributed by atoms with E-state index in [1.807, 2.05) is 24.3 Å². The highest BCUT2D eigenvalue weighted by molar-refractivity contribution is 5.88. The van der Waals surface area contributed by atoms with E-state index in [0.717, 1.165) is 55.6 Å². The number of aromatic carboxylic acids is 1. The number of ether oxygens (including phenoxy) is 1. The third-order valence-electron chi connectivity index (χ3n) is 7.04. The van der Waals surface area contributed by atoms with E-state index in [1.54, 1.807) is 6.07 Å². The highest BCUT2D eigenvalue weighted by Gasteiger charge is 2.29. The van der Waals surface area contributed by atoms with Gasteiger partial charge in [-0.1, -0.05) is 66.7 Å². The van der Waals surface area contributed by atoms with Crippen LogP contribution in [0.25, 0.3) is 10.8 Å². The summed E-state index contributed by atoms with van der Waals surface area (Å²) < 4.78 is 20.3. The second-order valence-corrected chi connectivity index (χ2v) is 9.39. The number of para-hydroxylation sites is 1. The zero-order chi connectivity index (χ0) is 24.9. The number of carboxylic acid groups (broad SMARTS) is 1. The van der Waals surface area contributed by atoms with Crippen LogP contribution in [0.2, 0.25) is 0 Å². The molecule has 0 bridgehead atoms. The molecule has 1 aliphatic rings. The monoisotopic (exact) mass is 519 g/mol. The molecule has 4 nitrogen and oxygen atoms in total. The average Bonchev–Trinajstić information content (AvgIpc) is 2.90. The number of nitrogens with one attached hydrogen (secondary N) is 1. The Labute approximate surface area is 222 Å². The molecule has 1 aliphatic heterocycles. The Balaban J connectivity index is 0.00000320. The number of benzene rings is 4. The van der Waals surface area contributed by atoms with E-state index < -0.39 is 11.8 Å². The third-order valence-corrected chi connectivity index (χ3v) is 7.04. The van der Waals surface area contributed by atoms with Crippen molar-refractivity contribution in [3.05, 3.63) is 113 Å². The molecule has 1 heterocycles. The summed E-state index contributed by atoms with van der Waals surface area (Å²) >= 11 is 0. The van der Waals surface area contributed by atoms with E-state index in [4.69, 9.17) is 4.74 Å². The van der Waals surface area contributed by atoms with Crippen LogP contribution < -0.4 is 10.1 Å². The van der Waals surface area contributed by atoms with Gasteiger partial charge in [-0.05, 0) is 78.9 Å². The predicted molar refractivity (Wildman–Crippen MR) is 148 cm³/mol. The van der Waals surface area contributed by atoms with Crippen LogP contribution in [0.3, 0.4) is 0 Å². The zero-order valence-corrected chi connectivity index (χ0v) is 21.3. The molecule has 0 fully saturated rings. The van der Waals surface area contributed by atoms with Gasteiger partial charge in [0.05, 0.1) is 11.7 Å². The van der Waals surface area contributed by atoms with E-state index in [-0.39, 0.29) is 30.0 Å². The summed E-state index contributed by atoms with van der Waals surface area (Å²) in [7, 11) is 0. The Morgan fingerprint density at radius 1 is 0.973 bits per heavy atom. The van der Waals surface area contributed by atoms with Gasteiger partial charge >= 0.3 is 5.97 Å². The molecule has 0 aliphatic carbocycles. The Bertz CT molecular complexity index is 1370. The summed E-state index contributed by atoms with van der Waals surface area (Å²) in [6, 6.07) is 27.2. The molecule has 37 heavy (non-hydrogen) atoms. The van der Waals surface area contributed by atoms with Gasteiger partial charge in [-0.25, -0.2) is 9.18 Å². The van der Waals surface area contributed by atoms with Crippen LogP contribution in [0.5, 0.6) is 5.75 Å². The summed E-state index contributed by atoms with van der Waals surface area (Å²) in [6.45, 7) is 1.81. The van der Waals surface area contributed by atoms with Crippen LogP contribution in [0.15, 0.2) is 84.9 Å². The Kier molecular flexibility index (Phi) is 8.80. The zero-order valence-electron chi connectivity index (χ0n) is 20.5. The van der Waals surface area contributed by atoms with E-state index >= 15 is 0 Å². The van der Waals surface area contributed by atoms with Crippen molar-refractivity contribution in [2.24, 2.45) is 0 Å². The minimum Gasteiger partial charge on any atom is -0.490 e. The lowest BCUT2D eigenvalue weighted by atomic mass is 9.82. The molecule has 4 aromatic rings. The fraction of sp³-hybridized carbons (Fsp3) is 0.258. The molecule has 0 spiro atoms. The minimum atomic E-state index is -1.25. The molecular formula is C31H31ClFNO3. The number of hydrogen-bond donors (Lipinski definition) is 2. The molecule has 0 radical (unpaired) electrons. The van der Waals surface area contributed by atoms with Gasteiger partial charge in [-0.2, -0.15) is 0 Å². The molecule has 0 aromatic heterocycles. The Morgan fingerprint density at radius 3 is 2.62 bits per heavy atom. The number of hydrogen-bond acceptors (Lipinski definition) is 3. The number of carboxylic acids is 1. The number of fused-ring (bicyclic) bond motifs is 2. The first-order chi connectivity index (χ1) is 17.6. The summed E-state index contributed by atoms with van der Waals surface area (Å²) in [4.78, 5) is 11.5. The molecule has 4 aromatic carbocycles. The lowest BCUT2D eigenvalue weighted by molar-refractivity contribution is 0.0691. The number of rotatable bonds is 9. The van der Waals surface area contributed by atoms with Crippen LogP contribution in [0.4, 0.5) is 4.39 Å². The Hall–Kier alpha value is -3.41. The maximum absolute atomic E-state index is 14.0. The molecular weight excluding hydrogens is 489 g/mol. The largest absolute Gasteiger partial charge is 0.490 e. The lowest BCUT2D eigenvalue weighted by Crippen LogP contribution is -2.28. The standard InChI is InChI=1S/C31H30FNO3.ClH/c32-29-15-14-23(19-28(29)31(34)35)27-20-24(36-30-13-4-3-12-26(27)30)10-6-17-33-18-16-22-9-5-8-21-7-1-2-11-25(21)22;/h1-5,7-9,11-15,19,24,27,33H,6,10,16-18,20H2,(H,34,35);1H/t24-,27+;/m0./s1. The van der Waals surface area contributed by atoms with Crippen molar-refractivity contribution < 1.29 is 19.0 Å². The topological polar surface area (TPSA) is 58.6 Å². The third kappa shape index (κ3) is 6.12. The lowest BCUT2D eigenvalue weighted by Gasteiger charge is -2.33. The van der Waals surface area contributed by atoms with Gasteiger partial charge in [0, 0.05) is 11.5 Å². The SMILES string of the molecule is Cl.O=C(O)c1cc([C@H]2C[C@H](CCCNCCc3cccc4ccccc34)Oc3ccccc32)ccc1F. The van der Waals surface area contributed by atoms with E-state index in [0.29, 0.717) is 0 Å². The number of halogens is 2. The quantitative estimate of drug-likeness (QED) is 0.234. The molecule has 192 valence electrons. The van der Waals surface area contributed by atoms with Crippen molar-refractivity contribution in [3.8, 4) is 5.75 Å². The second kappa shape index (κ2) is 12.2. The van der Waals surface area contributed by atoms with Crippen LogP contribution >= 0.6 is 12.4 Å². The van der Waals surface area contributed by atoms with Gasteiger partial charge in [0.25, 0.3) is 0 Å². The molecule has 6 heteroatoms. The fourth-order valence-electron chi connectivity index (χ4n) is 5.22. The highest BCUT2D eigenvalue weighted by atomic mass is 35.5.